The van der Waals surface area contributed by atoms with Gasteiger partial charge in [-0.3, -0.25) is 0 Å². The van der Waals surface area contributed by atoms with E-state index >= 15 is 0 Å². The van der Waals surface area contributed by atoms with Crippen LogP contribution in [0.25, 0.3) is 16.8 Å². The van der Waals surface area contributed by atoms with Crippen molar-refractivity contribution in [2.75, 3.05) is 11.4 Å². The third kappa shape index (κ3) is 3.42. The summed E-state index contributed by atoms with van der Waals surface area (Å²) in [6.07, 6.45) is 4.90. The van der Waals surface area contributed by atoms with Crippen LogP contribution in [-0.4, -0.2) is 16.1 Å². The molecule has 0 aliphatic carbocycles. The molecule has 0 saturated heterocycles. The minimum absolute atomic E-state index is 0.188. The lowest BCUT2D eigenvalue weighted by Crippen LogP contribution is -2.19. The second-order valence-corrected chi connectivity index (χ2v) is 7.57. The summed E-state index contributed by atoms with van der Waals surface area (Å²) in [5.74, 6) is -0.188. The van der Waals surface area contributed by atoms with Gasteiger partial charge in [-0.2, -0.15) is 0 Å². The number of rotatable bonds is 4. The first-order valence-electron chi connectivity index (χ1n) is 9.90. The van der Waals surface area contributed by atoms with Gasteiger partial charge in [0.25, 0.3) is 0 Å². The van der Waals surface area contributed by atoms with Gasteiger partial charge in [-0.1, -0.05) is 36.4 Å². The number of imidazole rings is 1. The summed E-state index contributed by atoms with van der Waals surface area (Å²) in [7, 11) is 0. The maximum Gasteiger partial charge on any atom is 0.123 e. The van der Waals surface area contributed by atoms with Gasteiger partial charge in [-0.05, 0) is 65.9 Å². The Morgan fingerprint density at radius 2 is 1.76 bits per heavy atom. The third-order valence-corrected chi connectivity index (χ3v) is 5.60. The van der Waals surface area contributed by atoms with E-state index in [0.29, 0.717) is 0 Å². The van der Waals surface area contributed by atoms with Crippen molar-refractivity contribution in [3.63, 3.8) is 0 Å². The monoisotopic (exact) mass is 383 g/mol. The van der Waals surface area contributed by atoms with Crippen molar-refractivity contribution < 1.29 is 4.39 Å². The molecule has 5 rings (SSSR count). The van der Waals surface area contributed by atoms with Crippen LogP contribution in [0.5, 0.6) is 0 Å². The first-order valence-corrected chi connectivity index (χ1v) is 9.90. The number of aryl methyl sites for hydroxylation is 1. The van der Waals surface area contributed by atoms with Gasteiger partial charge in [0.2, 0.25) is 0 Å². The molecule has 144 valence electrons. The van der Waals surface area contributed by atoms with Crippen LogP contribution in [0.2, 0.25) is 0 Å². The second kappa shape index (κ2) is 7.21. The molecule has 0 amide bonds. The van der Waals surface area contributed by atoms with Gasteiger partial charge in [0.1, 0.15) is 5.82 Å². The Bertz CT molecular complexity index is 1140. The first-order chi connectivity index (χ1) is 14.2. The number of nitrogens with zero attached hydrogens (tertiary/aromatic N) is 3. The van der Waals surface area contributed by atoms with Crippen molar-refractivity contribution in [1.82, 2.24) is 9.55 Å². The number of hydrogen-bond donors (Lipinski definition) is 0. The Morgan fingerprint density at radius 1 is 0.966 bits per heavy atom. The summed E-state index contributed by atoms with van der Waals surface area (Å²) >= 11 is 0. The molecule has 1 aromatic heterocycles. The molecule has 0 radical (unpaired) electrons. The van der Waals surface area contributed by atoms with Crippen LogP contribution < -0.4 is 4.90 Å². The topological polar surface area (TPSA) is 21.1 Å². The highest BCUT2D eigenvalue weighted by atomic mass is 19.1. The summed E-state index contributed by atoms with van der Waals surface area (Å²) in [6.45, 7) is 3.78. The number of hydrogen-bond acceptors (Lipinski definition) is 2. The molecular weight excluding hydrogens is 361 g/mol. The van der Waals surface area contributed by atoms with E-state index in [2.05, 4.69) is 52.3 Å². The molecule has 3 aromatic carbocycles. The molecule has 3 nitrogen and oxygen atoms in total. The summed E-state index contributed by atoms with van der Waals surface area (Å²) in [4.78, 5) is 6.69. The van der Waals surface area contributed by atoms with Gasteiger partial charge >= 0.3 is 0 Å². The van der Waals surface area contributed by atoms with Crippen molar-refractivity contribution in [1.29, 1.82) is 0 Å². The van der Waals surface area contributed by atoms with Gasteiger partial charge < -0.3 is 9.47 Å². The summed E-state index contributed by atoms with van der Waals surface area (Å²) in [6, 6.07) is 22.0. The number of benzene rings is 3. The average Bonchev–Trinajstić information content (AvgIpc) is 3.36. The van der Waals surface area contributed by atoms with E-state index in [9.17, 15) is 4.39 Å². The zero-order chi connectivity index (χ0) is 19.8. The van der Waals surface area contributed by atoms with Crippen molar-refractivity contribution in [3.8, 4) is 16.8 Å². The molecule has 0 N–H and O–H groups in total. The van der Waals surface area contributed by atoms with E-state index in [1.165, 1.54) is 34.5 Å². The van der Waals surface area contributed by atoms with E-state index in [1.807, 2.05) is 36.1 Å². The lowest BCUT2D eigenvalue weighted by atomic mass is 9.97. The Kier molecular flexibility index (Phi) is 4.39. The minimum atomic E-state index is -0.188. The first kappa shape index (κ1) is 17.7. The van der Waals surface area contributed by atoms with Crippen LogP contribution in [0.3, 0.4) is 0 Å². The molecular formula is C25H22FN3. The maximum atomic E-state index is 13.2. The highest BCUT2D eigenvalue weighted by Gasteiger charge is 2.22. The van der Waals surface area contributed by atoms with Crippen molar-refractivity contribution in [2.45, 2.75) is 19.9 Å². The number of fused-ring (bicyclic) bond motifs is 1. The molecule has 0 atom stereocenters. The van der Waals surface area contributed by atoms with Crippen LogP contribution in [0.1, 0.15) is 16.8 Å². The van der Waals surface area contributed by atoms with Crippen LogP contribution >= 0.6 is 0 Å². The van der Waals surface area contributed by atoms with Gasteiger partial charge in [0.05, 0.1) is 12.0 Å². The van der Waals surface area contributed by atoms with Crippen LogP contribution in [-0.2, 0) is 13.0 Å². The molecule has 1 aliphatic rings. The standard InChI is InChI=1S/C25H22FN3/c1-18-15-29(17-27-18)22-11-7-20(8-12-22)23-3-2-4-25-24(23)13-14-28(25)16-19-5-9-21(26)10-6-19/h2-12,15,17H,13-14,16H2,1H3. The highest BCUT2D eigenvalue weighted by Crippen LogP contribution is 2.37. The summed E-state index contributed by atoms with van der Waals surface area (Å²) in [5.41, 5.74) is 8.44. The average molecular weight is 383 g/mol. The number of anilines is 1. The Morgan fingerprint density at radius 3 is 2.48 bits per heavy atom. The Balaban J connectivity index is 1.43. The quantitative estimate of drug-likeness (QED) is 0.461. The molecule has 0 spiro atoms. The molecule has 4 aromatic rings. The minimum Gasteiger partial charge on any atom is -0.367 e. The molecule has 0 fully saturated rings. The van der Waals surface area contributed by atoms with Crippen molar-refractivity contribution in [2.24, 2.45) is 0 Å². The predicted octanol–water partition coefficient (Wildman–Crippen LogP) is 5.55. The molecule has 2 heterocycles. The van der Waals surface area contributed by atoms with Gasteiger partial charge in [-0.25, -0.2) is 9.37 Å². The number of aromatic nitrogens is 2. The summed E-state index contributed by atoms with van der Waals surface area (Å²) in [5, 5.41) is 0. The van der Waals surface area contributed by atoms with E-state index < -0.39 is 0 Å². The predicted molar refractivity (Wildman–Crippen MR) is 115 cm³/mol. The third-order valence-electron chi connectivity index (χ3n) is 5.60. The van der Waals surface area contributed by atoms with Crippen LogP contribution in [0, 0.1) is 12.7 Å². The fraction of sp³-hybridized carbons (Fsp3) is 0.160. The smallest absolute Gasteiger partial charge is 0.123 e. The maximum absolute atomic E-state index is 13.2. The fourth-order valence-corrected chi connectivity index (χ4v) is 4.12. The van der Waals surface area contributed by atoms with Gasteiger partial charge in [0, 0.05) is 30.7 Å². The van der Waals surface area contributed by atoms with E-state index in [0.717, 1.165) is 36.5 Å². The van der Waals surface area contributed by atoms with Crippen LogP contribution in [0.15, 0.2) is 79.3 Å². The SMILES string of the molecule is Cc1cn(-c2ccc(-c3cccc4c3CCN4Cc3ccc(F)cc3)cc2)cn1. The molecule has 0 saturated carbocycles. The van der Waals surface area contributed by atoms with Crippen LogP contribution in [0.4, 0.5) is 10.1 Å². The normalized spacial score (nSPS) is 13.0. The molecule has 1 aliphatic heterocycles. The van der Waals surface area contributed by atoms with E-state index in [-0.39, 0.29) is 5.82 Å². The highest BCUT2D eigenvalue weighted by molar-refractivity contribution is 5.77. The fourth-order valence-electron chi connectivity index (χ4n) is 4.12. The Labute approximate surface area is 170 Å². The van der Waals surface area contributed by atoms with Gasteiger partial charge in [-0.15, -0.1) is 0 Å². The zero-order valence-electron chi connectivity index (χ0n) is 16.3. The molecule has 0 unspecified atom stereocenters. The van der Waals surface area contributed by atoms with E-state index in [1.54, 1.807) is 0 Å². The second-order valence-electron chi connectivity index (χ2n) is 7.57. The van der Waals surface area contributed by atoms with Crippen molar-refractivity contribution >= 4 is 5.69 Å². The largest absolute Gasteiger partial charge is 0.367 e. The van der Waals surface area contributed by atoms with Crippen molar-refractivity contribution in [3.05, 3.63) is 102 Å². The molecule has 29 heavy (non-hydrogen) atoms. The summed E-state index contributed by atoms with van der Waals surface area (Å²) < 4.78 is 15.2. The lowest BCUT2D eigenvalue weighted by molar-refractivity contribution is 0.626. The molecule has 0 bridgehead atoms. The molecule has 4 heteroatoms. The Hall–Kier alpha value is -3.40. The zero-order valence-corrected chi connectivity index (χ0v) is 16.3. The van der Waals surface area contributed by atoms with Gasteiger partial charge in [0.15, 0.2) is 0 Å². The lowest BCUT2D eigenvalue weighted by Gasteiger charge is -2.20. The van der Waals surface area contributed by atoms with E-state index in [4.69, 9.17) is 0 Å². The number of halogens is 1.